The Labute approximate surface area is 234 Å². The number of aryl methyl sites for hydroxylation is 1. The van der Waals surface area contributed by atoms with Crippen LogP contribution < -0.4 is 16.1 Å². The Morgan fingerprint density at radius 3 is 2.60 bits per heavy atom. The van der Waals surface area contributed by atoms with E-state index in [1.165, 1.54) is 6.92 Å². The summed E-state index contributed by atoms with van der Waals surface area (Å²) in [4.78, 5) is 43.9. The Hall–Kier alpha value is -3.58. The summed E-state index contributed by atoms with van der Waals surface area (Å²) in [6.45, 7) is 4.38. The number of imidazole rings is 1. The molecule has 0 saturated carbocycles. The summed E-state index contributed by atoms with van der Waals surface area (Å²) in [6.07, 6.45) is 4.06. The minimum atomic E-state index is -0.765. The number of hydrazine groups is 1. The average Bonchev–Trinajstić information content (AvgIpc) is 3.57. The Morgan fingerprint density at radius 2 is 1.88 bits per heavy atom. The van der Waals surface area contributed by atoms with Crippen molar-refractivity contribution in [1.29, 1.82) is 0 Å². The molecule has 0 radical (unpaired) electrons. The third-order valence-corrected chi connectivity index (χ3v) is 6.39. The van der Waals surface area contributed by atoms with Crippen molar-refractivity contribution in [3.05, 3.63) is 54.2 Å². The first kappa shape index (κ1) is 31.0. The predicted octanol–water partition coefficient (Wildman–Crippen LogP) is 1.18. The van der Waals surface area contributed by atoms with Gasteiger partial charge in [-0.3, -0.25) is 19.8 Å². The first-order chi connectivity index (χ1) is 19.4. The van der Waals surface area contributed by atoms with Crippen LogP contribution >= 0.6 is 0 Å². The zero-order chi connectivity index (χ0) is 28.7. The van der Waals surface area contributed by atoms with Gasteiger partial charge in [-0.25, -0.2) is 9.99 Å². The number of aromatic amines is 1. The smallest absolute Gasteiger partial charge is 0.243 e. The molecule has 0 saturated heterocycles. The maximum Gasteiger partial charge on any atom is 0.243 e. The number of carbonyl (C=O) groups excluding carboxylic acids is 3. The van der Waals surface area contributed by atoms with Crippen LogP contribution in [0.3, 0.4) is 0 Å². The summed E-state index contributed by atoms with van der Waals surface area (Å²) in [5.74, 6) is -0.433. The molecule has 2 heterocycles. The molecule has 3 aromatic rings. The molecule has 3 rings (SSSR count). The van der Waals surface area contributed by atoms with Gasteiger partial charge in [0, 0.05) is 62.5 Å². The molecule has 12 nitrogen and oxygen atoms in total. The van der Waals surface area contributed by atoms with E-state index in [0.29, 0.717) is 52.5 Å². The molecular weight excluding hydrogens is 514 g/mol. The molecule has 2 amide bonds. The molecule has 218 valence electrons. The molecule has 0 bridgehead atoms. The normalized spacial score (nSPS) is 12.1. The van der Waals surface area contributed by atoms with E-state index in [9.17, 15) is 14.4 Å². The second-order valence-electron chi connectivity index (χ2n) is 9.54. The number of ketones is 1. The fourth-order valence-electron chi connectivity index (χ4n) is 4.20. The van der Waals surface area contributed by atoms with Gasteiger partial charge in [-0.05, 0) is 31.5 Å². The lowest BCUT2D eigenvalue weighted by atomic mass is 10.1. The van der Waals surface area contributed by atoms with Gasteiger partial charge in [0.05, 0.1) is 39.3 Å². The third kappa shape index (κ3) is 10.2. The van der Waals surface area contributed by atoms with Crippen molar-refractivity contribution in [1.82, 2.24) is 35.6 Å². The highest BCUT2D eigenvalue weighted by Gasteiger charge is 2.22. The lowest BCUT2D eigenvalue weighted by molar-refractivity contribution is -0.129. The molecule has 0 spiro atoms. The predicted molar refractivity (Wildman–Crippen MR) is 151 cm³/mol. The number of rotatable bonds is 19. The molecule has 12 heteroatoms. The number of para-hydroxylation sites is 1. The fourth-order valence-corrected chi connectivity index (χ4v) is 4.20. The lowest BCUT2D eigenvalue weighted by Crippen LogP contribution is -2.48. The highest BCUT2D eigenvalue weighted by atomic mass is 16.5. The monoisotopic (exact) mass is 555 g/mol. The quantitative estimate of drug-likeness (QED) is 0.128. The van der Waals surface area contributed by atoms with Gasteiger partial charge >= 0.3 is 0 Å². The maximum atomic E-state index is 13.0. The van der Waals surface area contributed by atoms with Crippen molar-refractivity contribution >= 4 is 28.5 Å². The summed E-state index contributed by atoms with van der Waals surface area (Å²) >= 11 is 0. The van der Waals surface area contributed by atoms with Crippen LogP contribution in [0.4, 0.5) is 0 Å². The largest absolute Gasteiger partial charge is 0.379 e. The van der Waals surface area contributed by atoms with Gasteiger partial charge in [0.2, 0.25) is 11.8 Å². The van der Waals surface area contributed by atoms with Gasteiger partial charge in [-0.1, -0.05) is 18.2 Å². The maximum absolute atomic E-state index is 13.0. The summed E-state index contributed by atoms with van der Waals surface area (Å²) in [5.41, 5.74) is 6.00. The molecule has 0 aliphatic rings. The summed E-state index contributed by atoms with van der Waals surface area (Å²) < 4.78 is 12.9. The Morgan fingerprint density at radius 1 is 1.10 bits per heavy atom. The number of benzene rings is 1. The number of amides is 2. The van der Waals surface area contributed by atoms with Crippen molar-refractivity contribution < 1.29 is 23.9 Å². The van der Waals surface area contributed by atoms with E-state index >= 15 is 0 Å². The number of H-pyrrole nitrogens is 1. The number of nitrogens with zero attached hydrogens (tertiary/aromatic N) is 3. The number of aromatic nitrogens is 3. The topological polar surface area (TPSA) is 143 Å². The molecular formula is C28H41N7O5. The number of hydrogen-bond acceptors (Lipinski definition) is 8. The van der Waals surface area contributed by atoms with E-state index in [0.717, 1.165) is 22.3 Å². The van der Waals surface area contributed by atoms with Crippen LogP contribution in [0.15, 0.2) is 42.9 Å². The molecule has 2 aromatic heterocycles. The van der Waals surface area contributed by atoms with E-state index in [2.05, 4.69) is 42.7 Å². The molecule has 0 unspecified atom stereocenters. The van der Waals surface area contributed by atoms with E-state index in [1.807, 2.05) is 37.3 Å². The van der Waals surface area contributed by atoms with Crippen molar-refractivity contribution in [3.8, 4) is 0 Å². The zero-order valence-corrected chi connectivity index (χ0v) is 23.6. The first-order valence-electron chi connectivity index (χ1n) is 13.5. The van der Waals surface area contributed by atoms with Crippen molar-refractivity contribution in [2.24, 2.45) is 0 Å². The van der Waals surface area contributed by atoms with Crippen LogP contribution in [0, 0.1) is 0 Å². The minimum Gasteiger partial charge on any atom is -0.379 e. The fraction of sp³-hybridized carbons (Fsp3) is 0.500. The minimum absolute atomic E-state index is 0.0840. The van der Waals surface area contributed by atoms with Crippen LogP contribution in [0.2, 0.25) is 0 Å². The molecule has 40 heavy (non-hydrogen) atoms. The van der Waals surface area contributed by atoms with Gasteiger partial charge < -0.3 is 29.7 Å². The van der Waals surface area contributed by atoms with Crippen molar-refractivity contribution in [2.45, 2.75) is 45.3 Å². The molecule has 0 aliphatic heterocycles. The van der Waals surface area contributed by atoms with Gasteiger partial charge in [0.15, 0.2) is 0 Å². The Kier molecular flexibility index (Phi) is 12.8. The van der Waals surface area contributed by atoms with E-state index in [1.54, 1.807) is 12.5 Å². The van der Waals surface area contributed by atoms with Gasteiger partial charge in [-0.2, -0.15) is 0 Å². The zero-order valence-electron chi connectivity index (χ0n) is 23.6. The second kappa shape index (κ2) is 16.5. The summed E-state index contributed by atoms with van der Waals surface area (Å²) in [5, 5.41) is 8.82. The van der Waals surface area contributed by atoms with Crippen LogP contribution in [0.5, 0.6) is 0 Å². The van der Waals surface area contributed by atoms with E-state index in [4.69, 9.17) is 9.47 Å². The highest BCUT2D eigenvalue weighted by molar-refractivity contribution is 5.88. The van der Waals surface area contributed by atoms with Crippen LogP contribution in [0.25, 0.3) is 10.9 Å². The van der Waals surface area contributed by atoms with Crippen molar-refractivity contribution in [2.75, 3.05) is 47.1 Å². The standard InChI is InChI=1S/C28H41N7O5/c1-21(36)9-12-39-14-15-40-13-10-31-28(38)25(17-23-18-30-20-32-23)33-27(37)8-11-35-24(19-34(3)29-2)16-22-6-4-5-7-26(22)35/h4-7,16,18,20,25,29H,8-15,17,19H2,1-3H3,(H,30,32)(H,31,38)(H,33,37)/t25-/m0/s1. The lowest BCUT2D eigenvalue weighted by Gasteiger charge is -2.19. The highest BCUT2D eigenvalue weighted by Crippen LogP contribution is 2.21. The molecule has 4 N–H and O–H groups in total. The summed E-state index contributed by atoms with van der Waals surface area (Å²) in [7, 11) is 3.83. The second-order valence-corrected chi connectivity index (χ2v) is 9.54. The van der Waals surface area contributed by atoms with E-state index in [-0.39, 0.29) is 30.4 Å². The van der Waals surface area contributed by atoms with Crippen LogP contribution in [-0.4, -0.2) is 90.3 Å². The Balaban J connectivity index is 1.52. The number of ether oxygens (including phenoxy) is 2. The van der Waals surface area contributed by atoms with Gasteiger partial charge in [0.1, 0.15) is 11.8 Å². The number of nitrogens with one attached hydrogen (secondary N) is 4. The van der Waals surface area contributed by atoms with Gasteiger partial charge in [0.25, 0.3) is 0 Å². The number of fused-ring (bicyclic) bond motifs is 1. The average molecular weight is 556 g/mol. The SMILES string of the molecule is CNN(C)Cc1cc2ccccc2n1CCC(=O)N[C@@H](Cc1cnc[nH]1)C(=O)NCCOCCOCCC(C)=O. The number of Topliss-reactive ketones (excluding diaryl/α,β-unsaturated/α-hetero) is 1. The van der Waals surface area contributed by atoms with E-state index < -0.39 is 6.04 Å². The Bertz CT molecular complexity index is 1210. The molecule has 0 aliphatic carbocycles. The third-order valence-electron chi connectivity index (χ3n) is 6.39. The number of hydrogen-bond donors (Lipinski definition) is 4. The molecule has 1 atom stereocenters. The molecule has 1 aromatic carbocycles. The van der Waals surface area contributed by atoms with Gasteiger partial charge in [-0.15, -0.1) is 0 Å². The first-order valence-corrected chi connectivity index (χ1v) is 13.5. The summed E-state index contributed by atoms with van der Waals surface area (Å²) in [6, 6.07) is 9.46. The van der Waals surface area contributed by atoms with Crippen LogP contribution in [-0.2, 0) is 43.4 Å². The number of carbonyl (C=O) groups is 3. The molecule has 0 fully saturated rings. The van der Waals surface area contributed by atoms with Crippen LogP contribution in [0.1, 0.15) is 31.2 Å². The van der Waals surface area contributed by atoms with Crippen molar-refractivity contribution in [3.63, 3.8) is 0 Å².